The van der Waals surface area contributed by atoms with Gasteiger partial charge in [0.1, 0.15) is 0 Å². The second-order valence-corrected chi connectivity index (χ2v) is 5.57. The molecule has 1 rings (SSSR count). The molecule has 0 saturated heterocycles. The van der Waals surface area contributed by atoms with Crippen LogP contribution in [0, 0.1) is 5.41 Å². The van der Waals surface area contributed by atoms with E-state index in [1.165, 1.54) is 11.5 Å². The third kappa shape index (κ3) is 2.99. The minimum Gasteiger partial charge on any atom is -0.490 e. The first-order valence-corrected chi connectivity index (χ1v) is 5.63. The average molecular weight is 229 g/mol. The Balaban J connectivity index is 2.86. The molecule has 0 aromatic carbocycles. The second-order valence-electron chi connectivity index (χ2n) is 4.82. The summed E-state index contributed by atoms with van der Waals surface area (Å²) >= 11 is 1.38. The summed E-state index contributed by atoms with van der Waals surface area (Å²) in [7, 11) is 3.65. The van der Waals surface area contributed by atoms with Gasteiger partial charge >= 0.3 is 0 Å². The molecule has 0 fully saturated rings. The van der Waals surface area contributed by atoms with Gasteiger partial charge in [-0.2, -0.15) is 4.37 Å². The van der Waals surface area contributed by atoms with Crippen LogP contribution in [-0.4, -0.2) is 25.1 Å². The second kappa shape index (κ2) is 4.26. The minimum absolute atomic E-state index is 0.235. The number of hydrogen-bond acceptors (Lipinski definition) is 5. The Bertz CT molecular complexity index is 330. The molecule has 5 heteroatoms. The summed E-state index contributed by atoms with van der Waals surface area (Å²) in [5, 5.41) is 0.991. The van der Waals surface area contributed by atoms with E-state index in [1.54, 1.807) is 7.11 Å². The number of rotatable bonds is 3. The normalized spacial score (nSPS) is 11.5. The quantitative estimate of drug-likeness (QED) is 0.863. The monoisotopic (exact) mass is 229 g/mol. The summed E-state index contributed by atoms with van der Waals surface area (Å²) in [4.78, 5) is 2.13. The van der Waals surface area contributed by atoms with Gasteiger partial charge < -0.3 is 15.4 Å². The van der Waals surface area contributed by atoms with Gasteiger partial charge in [-0.05, 0) is 16.9 Å². The van der Waals surface area contributed by atoms with Crippen molar-refractivity contribution in [3.05, 3.63) is 0 Å². The fraction of sp³-hybridized carbons (Fsp3) is 0.700. The lowest BCUT2D eigenvalue weighted by molar-refractivity contribution is 0.404. The molecule has 86 valence electrons. The Morgan fingerprint density at radius 3 is 2.53 bits per heavy atom. The Morgan fingerprint density at radius 1 is 1.47 bits per heavy atom. The molecule has 0 unspecified atom stereocenters. The lowest BCUT2D eigenvalue weighted by Crippen LogP contribution is -2.28. The SMILES string of the molecule is COc1c(N)nsc1N(C)CC(C)(C)C. The van der Waals surface area contributed by atoms with Gasteiger partial charge in [0.25, 0.3) is 0 Å². The van der Waals surface area contributed by atoms with Gasteiger partial charge in [0.2, 0.25) is 0 Å². The Kier molecular flexibility index (Phi) is 3.44. The molecule has 0 radical (unpaired) electrons. The molecule has 2 N–H and O–H groups in total. The van der Waals surface area contributed by atoms with Crippen molar-refractivity contribution in [3.8, 4) is 5.75 Å². The van der Waals surface area contributed by atoms with Crippen molar-refractivity contribution in [2.45, 2.75) is 20.8 Å². The highest BCUT2D eigenvalue weighted by atomic mass is 32.1. The first-order valence-electron chi connectivity index (χ1n) is 4.85. The molecule has 0 aliphatic heterocycles. The third-order valence-corrected chi connectivity index (χ3v) is 2.88. The van der Waals surface area contributed by atoms with Crippen LogP contribution in [0.5, 0.6) is 5.75 Å². The number of nitrogen functional groups attached to an aromatic ring is 1. The molecule has 15 heavy (non-hydrogen) atoms. The zero-order valence-corrected chi connectivity index (χ0v) is 10.8. The number of aromatic nitrogens is 1. The van der Waals surface area contributed by atoms with Crippen LogP contribution >= 0.6 is 11.5 Å². The highest BCUT2D eigenvalue weighted by Crippen LogP contribution is 2.38. The Hall–Kier alpha value is -0.970. The predicted octanol–water partition coefficient (Wildman–Crippen LogP) is 2.22. The van der Waals surface area contributed by atoms with E-state index in [0.29, 0.717) is 11.6 Å². The van der Waals surface area contributed by atoms with Crippen molar-refractivity contribution in [2.24, 2.45) is 5.41 Å². The zero-order valence-electron chi connectivity index (χ0n) is 10.00. The highest BCUT2D eigenvalue weighted by Gasteiger charge is 2.20. The number of methoxy groups -OCH3 is 1. The van der Waals surface area contributed by atoms with Crippen LogP contribution in [0.1, 0.15) is 20.8 Å². The van der Waals surface area contributed by atoms with Crippen LogP contribution in [0.3, 0.4) is 0 Å². The van der Waals surface area contributed by atoms with Crippen LogP contribution in [0.15, 0.2) is 0 Å². The molecule has 0 aliphatic rings. The van der Waals surface area contributed by atoms with Crippen molar-refractivity contribution in [2.75, 3.05) is 31.3 Å². The van der Waals surface area contributed by atoms with E-state index in [-0.39, 0.29) is 5.41 Å². The first kappa shape index (κ1) is 12.1. The summed E-state index contributed by atoms with van der Waals surface area (Å²) in [6.07, 6.45) is 0. The van der Waals surface area contributed by atoms with Crippen LogP contribution < -0.4 is 15.4 Å². The van der Waals surface area contributed by atoms with Gasteiger partial charge in [0.15, 0.2) is 16.6 Å². The van der Waals surface area contributed by atoms with Crippen molar-refractivity contribution >= 4 is 22.4 Å². The van der Waals surface area contributed by atoms with E-state index in [4.69, 9.17) is 10.5 Å². The minimum atomic E-state index is 0.235. The van der Waals surface area contributed by atoms with Crippen molar-refractivity contribution in [1.29, 1.82) is 0 Å². The maximum absolute atomic E-state index is 5.70. The van der Waals surface area contributed by atoms with Gasteiger partial charge in [0, 0.05) is 13.6 Å². The lowest BCUT2D eigenvalue weighted by Gasteiger charge is -2.27. The Labute approximate surface area is 95.2 Å². The summed E-state index contributed by atoms with van der Waals surface area (Å²) in [5.41, 5.74) is 5.94. The molecule has 1 aromatic heterocycles. The topological polar surface area (TPSA) is 51.4 Å². The number of nitrogens with two attached hydrogens (primary N) is 1. The molecule has 1 heterocycles. The maximum Gasteiger partial charge on any atom is 0.197 e. The van der Waals surface area contributed by atoms with Crippen LogP contribution in [-0.2, 0) is 0 Å². The van der Waals surface area contributed by atoms with Crippen molar-refractivity contribution in [3.63, 3.8) is 0 Å². The van der Waals surface area contributed by atoms with E-state index in [9.17, 15) is 0 Å². The Morgan fingerprint density at radius 2 is 2.07 bits per heavy atom. The number of hydrogen-bond donors (Lipinski definition) is 1. The zero-order chi connectivity index (χ0) is 11.6. The standard InChI is InChI=1S/C10H19N3OS/c1-10(2,3)6-13(4)9-7(14-5)8(11)12-15-9/h6H2,1-5H3,(H2,11,12). The fourth-order valence-electron chi connectivity index (χ4n) is 1.50. The van der Waals surface area contributed by atoms with Gasteiger partial charge in [-0.25, -0.2) is 0 Å². The van der Waals surface area contributed by atoms with Gasteiger partial charge in [-0.15, -0.1) is 0 Å². The predicted molar refractivity (Wildman–Crippen MR) is 65.8 cm³/mol. The van der Waals surface area contributed by atoms with Crippen LogP contribution in [0.4, 0.5) is 10.8 Å². The van der Waals surface area contributed by atoms with E-state index >= 15 is 0 Å². The number of anilines is 2. The molecule has 0 atom stereocenters. The highest BCUT2D eigenvalue weighted by molar-refractivity contribution is 7.11. The summed E-state index contributed by atoms with van der Waals surface area (Å²) in [6, 6.07) is 0. The van der Waals surface area contributed by atoms with Crippen LogP contribution in [0.2, 0.25) is 0 Å². The van der Waals surface area contributed by atoms with Crippen molar-refractivity contribution in [1.82, 2.24) is 4.37 Å². The van der Waals surface area contributed by atoms with Crippen molar-refractivity contribution < 1.29 is 4.74 Å². The van der Waals surface area contributed by atoms with Gasteiger partial charge in [0.05, 0.1) is 7.11 Å². The van der Waals surface area contributed by atoms with Gasteiger partial charge in [-0.1, -0.05) is 20.8 Å². The largest absolute Gasteiger partial charge is 0.490 e. The molecule has 0 aliphatic carbocycles. The smallest absolute Gasteiger partial charge is 0.197 e. The summed E-state index contributed by atoms with van der Waals surface area (Å²) in [5.74, 6) is 1.16. The summed E-state index contributed by atoms with van der Waals surface area (Å²) in [6.45, 7) is 7.52. The van der Waals surface area contributed by atoms with E-state index in [1.807, 2.05) is 7.05 Å². The maximum atomic E-state index is 5.70. The van der Waals surface area contributed by atoms with Crippen LogP contribution in [0.25, 0.3) is 0 Å². The fourth-order valence-corrected chi connectivity index (χ4v) is 2.25. The van der Waals surface area contributed by atoms with Gasteiger partial charge in [-0.3, -0.25) is 0 Å². The third-order valence-electron chi connectivity index (χ3n) is 1.92. The van der Waals surface area contributed by atoms with E-state index in [0.717, 1.165) is 11.5 Å². The molecule has 1 aromatic rings. The first-order chi connectivity index (χ1) is 6.85. The van der Waals surface area contributed by atoms with E-state index in [2.05, 4.69) is 30.0 Å². The molecule has 0 bridgehead atoms. The molecular weight excluding hydrogens is 210 g/mol. The molecule has 0 spiro atoms. The molecular formula is C10H19N3OS. The molecule has 0 amide bonds. The number of nitrogens with zero attached hydrogens (tertiary/aromatic N) is 2. The average Bonchev–Trinajstić information content (AvgIpc) is 2.43. The lowest BCUT2D eigenvalue weighted by atomic mass is 9.96. The molecule has 4 nitrogen and oxygen atoms in total. The van der Waals surface area contributed by atoms with E-state index < -0.39 is 0 Å². The summed E-state index contributed by atoms with van der Waals surface area (Å²) < 4.78 is 9.32. The molecule has 0 saturated carbocycles. The number of ether oxygens (including phenoxy) is 1.